The van der Waals surface area contributed by atoms with E-state index in [0.717, 1.165) is 10.6 Å². The number of anilines is 2. The van der Waals surface area contributed by atoms with Gasteiger partial charge in [0.1, 0.15) is 12.1 Å². The Balaban J connectivity index is 1.64. The summed E-state index contributed by atoms with van der Waals surface area (Å²) in [6, 6.07) is 2.92. The second kappa shape index (κ2) is 9.73. The average Bonchev–Trinajstić information content (AvgIpc) is 3.03. The van der Waals surface area contributed by atoms with Gasteiger partial charge in [-0.2, -0.15) is 17.7 Å². The first-order valence-electron chi connectivity index (χ1n) is 9.61. The summed E-state index contributed by atoms with van der Waals surface area (Å²) in [5.41, 5.74) is 1.38. The zero-order chi connectivity index (χ0) is 22.6. The summed E-state index contributed by atoms with van der Waals surface area (Å²) in [6.45, 7) is 4.17. The van der Waals surface area contributed by atoms with Crippen LogP contribution in [-0.2, 0) is 19.7 Å². The Bertz CT molecular complexity index is 1040. The van der Waals surface area contributed by atoms with E-state index in [9.17, 15) is 17.6 Å². The lowest BCUT2D eigenvalue weighted by molar-refractivity contribution is 0.00560. The number of ether oxygens (including phenoxy) is 2. The van der Waals surface area contributed by atoms with Crippen LogP contribution in [0.2, 0.25) is 0 Å². The fraction of sp³-hybridized carbons (Fsp3) is 0.474. The third-order valence-corrected chi connectivity index (χ3v) is 6.28. The second-order valence-corrected chi connectivity index (χ2v) is 8.82. The molecule has 3 rings (SSSR count). The standard InChI is InChI=1S/C19H25FN4O6S/c1-12-9-16(13(2)8-15(12)20)21-19-22-17(11-30-19)18(25)23-31(26,27)24-5-4-14(10-28-3)29-7-6-24/h8-9,11,14H,4-7,10H2,1-3H3,(H,21,22)(H,23,25). The van der Waals surface area contributed by atoms with Crippen LogP contribution in [0.4, 0.5) is 16.1 Å². The highest BCUT2D eigenvalue weighted by Crippen LogP contribution is 2.23. The smallest absolute Gasteiger partial charge is 0.304 e. The molecule has 1 fully saturated rings. The Labute approximate surface area is 179 Å². The summed E-state index contributed by atoms with van der Waals surface area (Å²) in [7, 11) is -2.55. The van der Waals surface area contributed by atoms with Crippen molar-refractivity contribution >= 4 is 27.8 Å². The number of carbonyl (C=O) groups is 1. The first-order chi connectivity index (χ1) is 14.7. The summed E-state index contributed by atoms with van der Waals surface area (Å²) >= 11 is 0. The molecule has 0 spiro atoms. The van der Waals surface area contributed by atoms with E-state index in [-0.39, 0.29) is 43.3 Å². The SMILES string of the molecule is COCC1CCN(S(=O)(=O)NC(=O)c2coc(Nc3cc(C)c(F)cc3C)n2)CCO1. The molecule has 170 valence electrons. The summed E-state index contributed by atoms with van der Waals surface area (Å²) in [4.78, 5) is 16.4. The quantitative estimate of drug-likeness (QED) is 0.648. The number of aryl methyl sites for hydroxylation is 2. The number of oxazole rings is 1. The molecular weight excluding hydrogens is 431 g/mol. The number of amides is 1. The number of hydrogen-bond donors (Lipinski definition) is 2. The van der Waals surface area contributed by atoms with E-state index in [4.69, 9.17) is 13.9 Å². The fourth-order valence-corrected chi connectivity index (χ4v) is 4.19. The molecule has 2 N–H and O–H groups in total. The first-order valence-corrected chi connectivity index (χ1v) is 11.1. The Morgan fingerprint density at radius 1 is 1.32 bits per heavy atom. The van der Waals surface area contributed by atoms with Crippen molar-refractivity contribution in [2.75, 3.05) is 38.7 Å². The maximum Gasteiger partial charge on any atom is 0.304 e. The summed E-state index contributed by atoms with van der Waals surface area (Å²) in [5.74, 6) is -1.27. The van der Waals surface area contributed by atoms with Gasteiger partial charge in [0.2, 0.25) is 0 Å². The van der Waals surface area contributed by atoms with Crippen molar-refractivity contribution in [3.8, 4) is 0 Å². The van der Waals surface area contributed by atoms with Gasteiger partial charge in [-0.15, -0.1) is 0 Å². The maximum atomic E-state index is 13.6. The molecule has 10 nitrogen and oxygen atoms in total. The van der Waals surface area contributed by atoms with E-state index in [1.807, 2.05) is 4.72 Å². The molecule has 0 aliphatic carbocycles. The highest BCUT2D eigenvalue weighted by Gasteiger charge is 2.29. The number of nitrogens with one attached hydrogen (secondary N) is 2. The molecule has 0 saturated carbocycles. The lowest BCUT2D eigenvalue weighted by Gasteiger charge is -2.19. The molecule has 31 heavy (non-hydrogen) atoms. The van der Waals surface area contributed by atoms with Crippen molar-refractivity contribution in [1.82, 2.24) is 14.0 Å². The second-order valence-electron chi connectivity index (χ2n) is 7.15. The van der Waals surface area contributed by atoms with Gasteiger partial charge < -0.3 is 19.2 Å². The van der Waals surface area contributed by atoms with Crippen LogP contribution in [0.25, 0.3) is 0 Å². The van der Waals surface area contributed by atoms with E-state index in [1.165, 1.54) is 6.07 Å². The third kappa shape index (κ3) is 5.79. The molecule has 1 aliphatic heterocycles. The van der Waals surface area contributed by atoms with Crippen molar-refractivity contribution < 1.29 is 31.5 Å². The van der Waals surface area contributed by atoms with E-state index >= 15 is 0 Å². The number of rotatable bonds is 7. The van der Waals surface area contributed by atoms with Crippen molar-refractivity contribution in [3.63, 3.8) is 0 Å². The zero-order valence-corrected chi connectivity index (χ0v) is 18.3. The minimum atomic E-state index is -4.09. The number of aromatic nitrogens is 1. The molecular formula is C19H25FN4O6S. The van der Waals surface area contributed by atoms with Crippen LogP contribution in [0.1, 0.15) is 28.0 Å². The van der Waals surface area contributed by atoms with Crippen LogP contribution in [0.5, 0.6) is 0 Å². The van der Waals surface area contributed by atoms with E-state index in [2.05, 4.69) is 10.3 Å². The molecule has 2 aromatic rings. The monoisotopic (exact) mass is 456 g/mol. The van der Waals surface area contributed by atoms with Crippen molar-refractivity contribution in [1.29, 1.82) is 0 Å². The molecule has 1 aliphatic rings. The lowest BCUT2D eigenvalue weighted by atomic mass is 10.1. The highest BCUT2D eigenvalue weighted by atomic mass is 32.2. The number of halogens is 1. The summed E-state index contributed by atoms with van der Waals surface area (Å²) in [6.07, 6.45) is 1.28. The van der Waals surface area contributed by atoms with Crippen LogP contribution in [0, 0.1) is 19.7 Å². The van der Waals surface area contributed by atoms with Gasteiger partial charge in [-0.05, 0) is 43.5 Å². The van der Waals surface area contributed by atoms with Crippen LogP contribution >= 0.6 is 0 Å². The largest absolute Gasteiger partial charge is 0.431 e. The Kier molecular flexibility index (Phi) is 7.26. The molecule has 1 saturated heterocycles. The molecule has 0 bridgehead atoms. The first kappa shape index (κ1) is 23.1. The maximum absolute atomic E-state index is 13.6. The van der Waals surface area contributed by atoms with E-state index < -0.39 is 16.1 Å². The van der Waals surface area contributed by atoms with Crippen LogP contribution in [-0.4, -0.2) is 63.1 Å². The zero-order valence-electron chi connectivity index (χ0n) is 17.5. The van der Waals surface area contributed by atoms with Crippen LogP contribution in [0.15, 0.2) is 22.8 Å². The molecule has 1 atom stereocenters. The number of hydrogen-bond acceptors (Lipinski definition) is 8. The van der Waals surface area contributed by atoms with Crippen LogP contribution in [0.3, 0.4) is 0 Å². The van der Waals surface area contributed by atoms with Gasteiger partial charge in [0, 0.05) is 25.9 Å². The van der Waals surface area contributed by atoms with Gasteiger partial charge in [-0.1, -0.05) is 0 Å². The highest BCUT2D eigenvalue weighted by molar-refractivity contribution is 7.87. The Morgan fingerprint density at radius 3 is 2.84 bits per heavy atom. The van der Waals surface area contributed by atoms with Crippen molar-refractivity contribution in [2.45, 2.75) is 26.4 Å². The van der Waals surface area contributed by atoms with Crippen molar-refractivity contribution in [3.05, 3.63) is 41.0 Å². The molecule has 12 heteroatoms. The minimum absolute atomic E-state index is 0.0257. The number of carbonyl (C=O) groups excluding carboxylic acids is 1. The molecule has 0 radical (unpaired) electrons. The number of nitrogens with zero attached hydrogens (tertiary/aromatic N) is 2. The predicted octanol–water partition coefficient (Wildman–Crippen LogP) is 1.89. The number of methoxy groups -OCH3 is 1. The number of benzene rings is 1. The predicted molar refractivity (Wildman–Crippen MR) is 110 cm³/mol. The van der Waals surface area contributed by atoms with Gasteiger partial charge in [-0.3, -0.25) is 4.79 Å². The van der Waals surface area contributed by atoms with Gasteiger partial charge in [0.05, 0.1) is 19.3 Å². The summed E-state index contributed by atoms with van der Waals surface area (Å²) in [5, 5.41) is 2.85. The Morgan fingerprint density at radius 2 is 2.10 bits per heavy atom. The summed E-state index contributed by atoms with van der Waals surface area (Å²) < 4.78 is 57.7. The fourth-order valence-electron chi connectivity index (χ4n) is 3.06. The van der Waals surface area contributed by atoms with Gasteiger partial charge in [0.25, 0.3) is 11.9 Å². The Hall–Kier alpha value is -2.54. The molecule has 1 unspecified atom stereocenters. The van der Waals surface area contributed by atoms with E-state index in [1.54, 1.807) is 27.0 Å². The van der Waals surface area contributed by atoms with Crippen LogP contribution < -0.4 is 10.0 Å². The lowest BCUT2D eigenvalue weighted by Crippen LogP contribution is -2.44. The normalized spacial score (nSPS) is 17.9. The average molecular weight is 456 g/mol. The molecule has 2 heterocycles. The van der Waals surface area contributed by atoms with Gasteiger partial charge >= 0.3 is 10.2 Å². The molecule has 1 aromatic heterocycles. The minimum Gasteiger partial charge on any atom is -0.431 e. The molecule has 1 aromatic carbocycles. The third-order valence-electron chi connectivity index (χ3n) is 4.79. The van der Waals surface area contributed by atoms with Gasteiger partial charge in [-0.25, -0.2) is 9.11 Å². The van der Waals surface area contributed by atoms with Crippen molar-refractivity contribution in [2.24, 2.45) is 0 Å². The molecule has 1 amide bonds. The van der Waals surface area contributed by atoms with Gasteiger partial charge in [0.15, 0.2) is 5.69 Å². The topological polar surface area (TPSA) is 123 Å². The van der Waals surface area contributed by atoms with E-state index in [0.29, 0.717) is 29.8 Å².